The lowest BCUT2D eigenvalue weighted by Gasteiger charge is -2.26. The van der Waals surface area contributed by atoms with Gasteiger partial charge in [-0.15, -0.1) is 0 Å². The molecule has 0 amide bonds. The molecule has 1 N–H and O–H groups in total. The summed E-state index contributed by atoms with van der Waals surface area (Å²) >= 11 is 0. The first kappa shape index (κ1) is 14.8. The third kappa shape index (κ3) is 2.94. The van der Waals surface area contributed by atoms with Gasteiger partial charge in [0.25, 0.3) is 0 Å². The van der Waals surface area contributed by atoms with Crippen LogP contribution in [0.5, 0.6) is 0 Å². The van der Waals surface area contributed by atoms with Gasteiger partial charge < -0.3 is 14.8 Å². The monoisotopic (exact) mass is 302 g/mol. The van der Waals surface area contributed by atoms with Crippen molar-refractivity contribution in [3.05, 3.63) is 17.2 Å². The number of rotatable bonds is 3. The first-order valence-electron chi connectivity index (χ1n) is 7.57. The normalized spacial score (nSPS) is 21.5. The van der Waals surface area contributed by atoms with E-state index in [-0.39, 0.29) is 6.04 Å². The maximum atomic E-state index is 13.3. The highest BCUT2D eigenvalue weighted by Crippen LogP contribution is 2.34. The van der Waals surface area contributed by atoms with Crippen molar-refractivity contribution in [1.29, 1.82) is 0 Å². The lowest BCUT2D eigenvalue weighted by molar-refractivity contribution is -0.148. The number of hydrogen-bond acceptors (Lipinski definition) is 3. The molecule has 0 spiro atoms. The summed E-state index contributed by atoms with van der Waals surface area (Å²) in [5.74, 6) is -0.733. The van der Waals surface area contributed by atoms with Crippen molar-refractivity contribution < 1.29 is 13.2 Å². The minimum Gasteiger partial charge on any atom is -0.320 e. The molecule has 7 heteroatoms. The van der Waals surface area contributed by atoms with Crippen LogP contribution in [0.1, 0.15) is 43.0 Å². The molecule has 4 nitrogen and oxygen atoms in total. The van der Waals surface area contributed by atoms with Crippen LogP contribution in [0.2, 0.25) is 0 Å². The van der Waals surface area contributed by atoms with Crippen LogP contribution in [0.4, 0.5) is 13.2 Å². The molecular formula is C14H21F3N4. The van der Waals surface area contributed by atoms with E-state index in [1.165, 1.54) is 4.57 Å². The zero-order valence-corrected chi connectivity index (χ0v) is 12.2. The second kappa shape index (κ2) is 5.61. The predicted octanol–water partition coefficient (Wildman–Crippen LogP) is 2.20. The van der Waals surface area contributed by atoms with Crippen molar-refractivity contribution in [1.82, 2.24) is 19.8 Å². The molecule has 2 aliphatic heterocycles. The quantitative estimate of drug-likeness (QED) is 0.929. The molecule has 3 rings (SSSR count). The summed E-state index contributed by atoms with van der Waals surface area (Å²) in [5.41, 5.74) is 1.31. The summed E-state index contributed by atoms with van der Waals surface area (Å²) in [6, 6.07) is -0.200. The van der Waals surface area contributed by atoms with Crippen molar-refractivity contribution in [3.63, 3.8) is 0 Å². The van der Waals surface area contributed by atoms with Gasteiger partial charge in [0.2, 0.25) is 5.82 Å². The molecule has 0 aliphatic carbocycles. The first-order chi connectivity index (χ1) is 9.97. The summed E-state index contributed by atoms with van der Waals surface area (Å²) in [6.07, 6.45) is -1.49. The molecule has 0 bridgehead atoms. The molecule has 21 heavy (non-hydrogen) atoms. The number of nitrogens with one attached hydrogen (secondary N) is 1. The van der Waals surface area contributed by atoms with E-state index in [2.05, 4.69) is 15.2 Å². The largest absolute Gasteiger partial charge is 0.449 e. The summed E-state index contributed by atoms with van der Waals surface area (Å²) < 4.78 is 41.3. The van der Waals surface area contributed by atoms with Gasteiger partial charge in [-0.3, -0.25) is 0 Å². The molecule has 1 aromatic heterocycles. The van der Waals surface area contributed by atoms with Gasteiger partial charge in [-0.25, -0.2) is 4.98 Å². The summed E-state index contributed by atoms with van der Waals surface area (Å²) in [5, 5.41) is 3.09. The Labute approximate surface area is 122 Å². The van der Waals surface area contributed by atoms with Gasteiger partial charge in [-0.2, -0.15) is 13.2 Å². The van der Waals surface area contributed by atoms with Crippen LogP contribution in [-0.2, 0) is 19.1 Å². The average Bonchev–Trinajstić information content (AvgIpc) is 3.03. The SMILES string of the molecule is CC(CN1CCCC1)n1c(C(F)(F)F)nc2c1CCNC2. The molecule has 118 valence electrons. The summed E-state index contributed by atoms with van der Waals surface area (Å²) in [6.45, 7) is 5.67. The van der Waals surface area contributed by atoms with Gasteiger partial charge in [-0.1, -0.05) is 0 Å². The molecule has 2 aliphatic rings. The Kier molecular flexibility index (Phi) is 3.96. The standard InChI is InChI=1S/C14H21F3N4/c1-10(9-20-6-2-3-7-20)21-12-4-5-18-8-11(12)19-13(21)14(15,16)17/h10,18H,2-9H2,1H3. The second-order valence-corrected chi connectivity index (χ2v) is 5.98. The highest BCUT2D eigenvalue weighted by molar-refractivity contribution is 5.22. The van der Waals surface area contributed by atoms with Crippen molar-refractivity contribution in [3.8, 4) is 0 Å². The minimum absolute atomic E-state index is 0.200. The number of halogens is 3. The molecule has 1 unspecified atom stereocenters. The molecule has 1 fully saturated rings. The topological polar surface area (TPSA) is 33.1 Å². The molecule has 1 atom stereocenters. The van der Waals surface area contributed by atoms with Gasteiger partial charge in [0, 0.05) is 37.8 Å². The fourth-order valence-electron chi connectivity index (χ4n) is 3.43. The van der Waals surface area contributed by atoms with Gasteiger partial charge in [0.05, 0.1) is 5.69 Å². The van der Waals surface area contributed by atoms with Crippen LogP contribution in [0.3, 0.4) is 0 Å². The molecule has 0 saturated carbocycles. The van der Waals surface area contributed by atoms with E-state index < -0.39 is 12.0 Å². The maximum absolute atomic E-state index is 13.3. The van der Waals surface area contributed by atoms with Crippen LogP contribution in [0.15, 0.2) is 0 Å². The third-order valence-electron chi connectivity index (χ3n) is 4.34. The number of imidazole rings is 1. The zero-order valence-electron chi connectivity index (χ0n) is 12.2. The molecule has 1 aromatic rings. The zero-order chi connectivity index (χ0) is 15.0. The lowest BCUT2D eigenvalue weighted by atomic mass is 10.1. The number of alkyl halides is 3. The highest BCUT2D eigenvalue weighted by atomic mass is 19.4. The molecule has 0 aromatic carbocycles. The van der Waals surface area contributed by atoms with Gasteiger partial charge in [0.15, 0.2) is 0 Å². The smallest absolute Gasteiger partial charge is 0.320 e. The van der Waals surface area contributed by atoms with E-state index in [0.717, 1.165) is 31.6 Å². The molecule has 1 saturated heterocycles. The number of hydrogen-bond donors (Lipinski definition) is 1. The fraction of sp³-hybridized carbons (Fsp3) is 0.786. The van der Waals surface area contributed by atoms with Crippen LogP contribution < -0.4 is 5.32 Å². The van der Waals surface area contributed by atoms with Crippen molar-refractivity contribution in [2.24, 2.45) is 0 Å². The van der Waals surface area contributed by atoms with Crippen LogP contribution in [-0.4, -0.2) is 40.6 Å². The number of fused-ring (bicyclic) bond motifs is 1. The van der Waals surface area contributed by atoms with E-state index in [9.17, 15) is 13.2 Å². The third-order valence-corrected chi connectivity index (χ3v) is 4.34. The second-order valence-electron chi connectivity index (χ2n) is 5.98. The van der Waals surface area contributed by atoms with E-state index >= 15 is 0 Å². The predicted molar refractivity (Wildman–Crippen MR) is 73.0 cm³/mol. The maximum Gasteiger partial charge on any atom is 0.449 e. The van der Waals surface area contributed by atoms with Crippen molar-refractivity contribution in [2.75, 3.05) is 26.2 Å². The van der Waals surface area contributed by atoms with E-state index in [4.69, 9.17) is 0 Å². The summed E-state index contributed by atoms with van der Waals surface area (Å²) in [7, 11) is 0. The Morgan fingerprint density at radius 2 is 2.00 bits per heavy atom. The fourth-order valence-corrected chi connectivity index (χ4v) is 3.43. The van der Waals surface area contributed by atoms with Gasteiger partial charge in [-0.05, 0) is 32.9 Å². The van der Waals surface area contributed by atoms with Crippen LogP contribution in [0, 0.1) is 0 Å². The van der Waals surface area contributed by atoms with E-state index in [1.807, 2.05) is 6.92 Å². The molecule has 0 radical (unpaired) electrons. The lowest BCUT2D eigenvalue weighted by Crippen LogP contribution is -2.31. The Morgan fingerprint density at radius 3 is 2.67 bits per heavy atom. The van der Waals surface area contributed by atoms with E-state index in [0.29, 0.717) is 31.7 Å². The Morgan fingerprint density at radius 1 is 1.29 bits per heavy atom. The van der Waals surface area contributed by atoms with E-state index in [1.54, 1.807) is 0 Å². The van der Waals surface area contributed by atoms with Crippen molar-refractivity contribution in [2.45, 2.75) is 44.9 Å². The Hall–Kier alpha value is -1.08. The number of likely N-dealkylation sites (tertiary alicyclic amines) is 1. The Balaban J connectivity index is 1.92. The van der Waals surface area contributed by atoms with Gasteiger partial charge >= 0.3 is 6.18 Å². The molecular weight excluding hydrogens is 281 g/mol. The van der Waals surface area contributed by atoms with Gasteiger partial charge in [0.1, 0.15) is 0 Å². The average molecular weight is 302 g/mol. The summed E-state index contributed by atoms with van der Waals surface area (Å²) in [4.78, 5) is 6.12. The van der Waals surface area contributed by atoms with Crippen LogP contribution >= 0.6 is 0 Å². The highest BCUT2D eigenvalue weighted by Gasteiger charge is 2.40. The first-order valence-corrected chi connectivity index (χ1v) is 7.57. The Bertz CT molecular complexity index is 503. The number of aromatic nitrogens is 2. The number of nitrogens with zero attached hydrogens (tertiary/aromatic N) is 3. The molecule has 3 heterocycles. The van der Waals surface area contributed by atoms with Crippen molar-refractivity contribution >= 4 is 0 Å². The minimum atomic E-state index is -4.39. The van der Waals surface area contributed by atoms with Crippen LogP contribution in [0.25, 0.3) is 0 Å².